The van der Waals surface area contributed by atoms with E-state index in [1.165, 1.54) is 12.1 Å². The van der Waals surface area contributed by atoms with Gasteiger partial charge in [0.2, 0.25) is 0 Å². The summed E-state index contributed by atoms with van der Waals surface area (Å²) in [5.41, 5.74) is 0.710. The third kappa shape index (κ3) is 5.15. The van der Waals surface area contributed by atoms with Gasteiger partial charge in [0.1, 0.15) is 24.3 Å². The second kappa shape index (κ2) is 6.57. The van der Waals surface area contributed by atoms with Crippen LogP contribution in [-0.4, -0.2) is 30.5 Å². The molecule has 0 radical (unpaired) electrons. The molecule has 0 aliphatic rings. The minimum absolute atomic E-state index is 0.0807. The molecule has 17 heavy (non-hydrogen) atoms. The summed E-state index contributed by atoms with van der Waals surface area (Å²) in [5, 5.41) is 9.58. The molecule has 0 aromatic heterocycles. The third-order valence-corrected chi connectivity index (χ3v) is 2.19. The molecule has 0 aliphatic carbocycles. The van der Waals surface area contributed by atoms with Crippen LogP contribution in [0.15, 0.2) is 18.2 Å². The molecule has 1 atom stereocenters. The fourth-order valence-corrected chi connectivity index (χ4v) is 1.31. The number of hydrogen-bond acceptors (Lipinski definition) is 3. The summed E-state index contributed by atoms with van der Waals surface area (Å²) in [6, 6.07) is 4.28. The smallest absolute Gasteiger partial charge is 0.123 e. The van der Waals surface area contributed by atoms with Crippen LogP contribution in [0.1, 0.15) is 19.4 Å². The largest absolute Gasteiger partial charge is 0.491 e. The van der Waals surface area contributed by atoms with Crippen molar-refractivity contribution in [1.29, 1.82) is 0 Å². The van der Waals surface area contributed by atoms with Crippen LogP contribution in [0, 0.1) is 12.7 Å². The monoisotopic (exact) mass is 242 g/mol. The maximum Gasteiger partial charge on any atom is 0.123 e. The first kappa shape index (κ1) is 13.9. The minimum Gasteiger partial charge on any atom is -0.491 e. The molecule has 1 rings (SSSR count). The highest BCUT2D eigenvalue weighted by molar-refractivity contribution is 5.32. The second-order valence-corrected chi connectivity index (χ2v) is 4.26. The maximum absolute atomic E-state index is 12.8. The van der Waals surface area contributed by atoms with Crippen molar-refractivity contribution in [2.24, 2.45) is 0 Å². The predicted molar refractivity (Wildman–Crippen MR) is 63.7 cm³/mol. The lowest BCUT2D eigenvalue weighted by Gasteiger charge is -2.15. The first-order valence-electron chi connectivity index (χ1n) is 5.67. The zero-order valence-electron chi connectivity index (χ0n) is 10.4. The van der Waals surface area contributed by atoms with Crippen molar-refractivity contribution in [2.45, 2.75) is 33.0 Å². The summed E-state index contributed by atoms with van der Waals surface area (Å²) >= 11 is 0. The fourth-order valence-electron chi connectivity index (χ4n) is 1.31. The molecule has 0 heterocycles. The highest BCUT2D eigenvalue weighted by Gasteiger charge is 2.08. The molecular formula is C13H19FO3. The first-order valence-corrected chi connectivity index (χ1v) is 5.67. The van der Waals surface area contributed by atoms with Gasteiger partial charge in [-0.2, -0.15) is 0 Å². The average molecular weight is 242 g/mol. The molecule has 0 aliphatic heterocycles. The average Bonchev–Trinajstić information content (AvgIpc) is 2.25. The molecule has 0 spiro atoms. The normalized spacial score (nSPS) is 12.8. The summed E-state index contributed by atoms with van der Waals surface area (Å²) in [6.07, 6.45) is -0.598. The van der Waals surface area contributed by atoms with Gasteiger partial charge in [0, 0.05) is 0 Å². The van der Waals surface area contributed by atoms with Crippen molar-refractivity contribution < 1.29 is 19.0 Å². The Morgan fingerprint density at radius 2 is 2.00 bits per heavy atom. The van der Waals surface area contributed by atoms with E-state index in [2.05, 4.69) is 0 Å². The molecule has 0 saturated heterocycles. The van der Waals surface area contributed by atoms with Crippen molar-refractivity contribution in [1.82, 2.24) is 0 Å². The molecular weight excluding hydrogens is 223 g/mol. The topological polar surface area (TPSA) is 38.7 Å². The zero-order chi connectivity index (χ0) is 12.8. The van der Waals surface area contributed by atoms with Gasteiger partial charge < -0.3 is 14.6 Å². The van der Waals surface area contributed by atoms with Crippen LogP contribution in [0.2, 0.25) is 0 Å². The van der Waals surface area contributed by atoms with E-state index >= 15 is 0 Å². The number of ether oxygens (including phenoxy) is 2. The van der Waals surface area contributed by atoms with Crippen molar-refractivity contribution in [3.63, 3.8) is 0 Å². The van der Waals surface area contributed by atoms with Crippen LogP contribution in [0.5, 0.6) is 5.75 Å². The van der Waals surface area contributed by atoms with Crippen molar-refractivity contribution in [2.75, 3.05) is 13.2 Å². The van der Waals surface area contributed by atoms with Crippen molar-refractivity contribution >= 4 is 0 Å². The van der Waals surface area contributed by atoms with Gasteiger partial charge in [0.15, 0.2) is 0 Å². The Kier molecular flexibility index (Phi) is 5.38. The van der Waals surface area contributed by atoms with Gasteiger partial charge in [-0.1, -0.05) is 0 Å². The number of rotatable bonds is 6. The van der Waals surface area contributed by atoms with E-state index in [-0.39, 0.29) is 25.1 Å². The van der Waals surface area contributed by atoms with Crippen LogP contribution >= 0.6 is 0 Å². The summed E-state index contributed by atoms with van der Waals surface area (Å²) in [4.78, 5) is 0. The van der Waals surface area contributed by atoms with Crippen LogP contribution in [-0.2, 0) is 4.74 Å². The highest BCUT2D eigenvalue weighted by atomic mass is 19.1. The van der Waals surface area contributed by atoms with Gasteiger partial charge in [-0.05, 0) is 44.5 Å². The summed E-state index contributed by atoms with van der Waals surface area (Å²) < 4.78 is 23.5. The van der Waals surface area contributed by atoms with E-state index in [4.69, 9.17) is 9.47 Å². The van der Waals surface area contributed by atoms with E-state index in [1.807, 2.05) is 13.8 Å². The molecule has 3 nitrogen and oxygen atoms in total. The molecule has 1 unspecified atom stereocenters. The molecule has 0 bridgehead atoms. The van der Waals surface area contributed by atoms with Crippen LogP contribution < -0.4 is 4.74 Å². The number of aliphatic hydroxyl groups excluding tert-OH is 1. The van der Waals surface area contributed by atoms with Crippen molar-refractivity contribution in [3.8, 4) is 5.75 Å². The highest BCUT2D eigenvalue weighted by Crippen LogP contribution is 2.18. The molecule has 1 aromatic carbocycles. The minimum atomic E-state index is -0.679. The Hall–Kier alpha value is -1.13. The van der Waals surface area contributed by atoms with Gasteiger partial charge >= 0.3 is 0 Å². The van der Waals surface area contributed by atoms with Crippen LogP contribution in [0.3, 0.4) is 0 Å². The lowest BCUT2D eigenvalue weighted by atomic mass is 10.2. The van der Waals surface area contributed by atoms with Crippen LogP contribution in [0.25, 0.3) is 0 Å². The summed E-state index contributed by atoms with van der Waals surface area (Å²) in [5.74, 6) is 0.286. The standard InChI is InChI=1S/C13H19FO3/c1-9(2)16-7-12(15)8-17-13-5-4-11(14)6-10(13)3/h4-6,9,12,15H,7-8H2,1-3H3. The molecule has 0 saturated carbocycles. The number of aliphatic hydroxyl groups is 1. The van der Waals surface area contributed by atoms with Crippen molar-refractivity contribution in [3.05, 3.63) is 29.6 Å². The fraction of sp³-hybridized carbons (Fsp3) is 0.538. The second-order valence-electron chi connectivity index (χ2n) is 4.26. The van der Waals surface area contributed by atoms with E-state index in [1.54, 1.807) is 13.0 Å². The number of hydrogen-bond donors (Lipinski definition) is 1. The van der Waals surface area contributed by atoms with Gasteiger partial charge in [-0.25, -0.2) is 4.39 Å². The molecule has 96 valence electrons. The van der Waals surface area contributed by atoms with E-state index in [0.29, 0.717) is 11.3 Å². The molecule has 4 heteroatoms. The lowest BCUT2D eigenvalue weighted by molar-refractivity contribution is -0.0123. The zero-order valence-corrected chi connectivity index (χ0v) is 10.4. The molecule has 1 aromatic rings. The maximum atomic E-state index is 12.8. The molecule has 0 amide bonds. The Labute approximate surface area is 101 Å². The van der Waals surface area contributed by atoms with E-state index in [9.17, 15) is 9.50 Å². The van der Waals surface area contributed by atoms with Gasteiger partial charge in [0.05, 0.1) is 12.7 Å². The van der Waals surface area contributed by atoms with Crippen LogP contribution in [0.4, 0.5) is 4.39 Å². The quantitative estimate of drug-likeness (QED) is 0.832. The Bertz CT molecular complexity index is 353. The lowest BCUT2D eigenvalue weighted by Crippen LogP contribution is -2.25. The van der Waals surface area contributed by atoms with E-state index in [0.717, 1.165) is 0 Å². The van der Waals surface area contributed by atoms with Gasteiger partial charge in [0.25, 0.3) is 0 Å². The first-order chi connectivity index (χ1) is 7.99. The molecule has 1 N–H and O–H groups in total. The number of halogens is 1. The number of aryl methyl sites for hydroxylation is 1. The summed E-state index contributed by atoms with van der Waals surface area (Å²) in [6.45, 7) is 5.93. The summed E-state index contributed by atoms with van der Waals surface area (Å²) in [7, 11) is 0. The Balaban J connectivity index is 2.39. The SMILES string of the molecule is Cc1cc(F)ccc1OCC(O)COC(C)C. The predicted octanol–water partition coefficient (Wildman–Crippen LogP) is 2.30. The Morgan fingerprint density at radius 1 is 1.29 bits per heavy atom. The van der Waals surface area contributed by atoms with Gasteiger partial charge in [-0.15, -0.1) is 0 Å². The number of benzene rings is 1. The third-order valence-electron chi connectivity index (χ3n) is 2.19. The van der Waals surface area contributed by atoms with Gasteiger partial charge in [-0.3, -0.25) is 0 Å². The van der Waals surface area contributed by atoms with E-state index < -0.39 is 6.10 Å². The Morgan fingerprint density at radius 3 is 2.59 bits per heavy atom. The molecule has 0 fully saturated rings.